The summed E-state index contributed by atoms with van der Waals surface area (Å²) in [7, 11) is 1.56. The molecule has 1 amide bonds. The maximum atomic E-state index is 13.2. The second-order valence-corrected chi connectivity index (χ2v) is 7.45. The largest absolute Gasteiger partial charge is 0.497 e. The Balaban J connectivity index is 1.61. The van der Waals surface area contributed by atoms with Crippen LogP contribution in [0.5, 0.6) is 5.75 Å². The van der Waals surface area contributed by atoms with Crippen molar-refractivity contribution in [2.24, 2.45) is 0 Å². The van der Waals surface area contributed by atoms with Crippen LogP contribution >= 0.6 is 11.6 Å². The molecule has 0 fully saturated rings. The summed E-state index contributed by atoms with van der Waals surface area (Å²) in [5.41, 5.74) is 6.47. The molecule has 0 saturated heterocycles. The van der Waals surface area contributed by atoms with E-state index in [-0.39, 0.29) is 5.56 Å². The SMILES string of the molecule is COc1ccnc(N2NNC3=C2CCN(C(=O)c2cccc(C(F)(F)F)c2Cl)C3C)c1. The van der Waals surface area contributed by atoms with E-state index < -0.39 is 28.7 Å². The third-order valence-corrected chi connectivity index (χ3v) is 5.74. The van der Waals surface area contributed by atoms with Crippen molar-refractivity contribution in [3.63, 3.8) is 0 Å². The van der Waals surface area contributed by atoms with E-state index in [2.05, 4.69) is 15.9 Å². The number of methoxy groups -OCH3 is 1. The second kappa shape index (κ2) is 7.93. The number of aromatic nitrogens is 1. The summed E-state index contributed by atoms with van der Waals surface area (Å²) in [6.45, 7) is 2.10. The molecule has 0 saturated carbocycles. The monoisotopic (exact) mass is 453 g/mol. The van der Waals surface area contributed by atoms with Crippen LogP contribution in [0.15, 0.2) is 47.9 Å². The van der Waals surface area contributed by atoms with Gasteiger partial charge in [0.2, 0.25) is 0 Å². The lowest BCUT2D eigenvalue weighted by Gasteiger charge is -2.35. The number of nitrogens with one attached hydrogen (secondary N) is 2. The summed E-state index contributed by atoms with van der Waals surface area (Å²) in [5, 5.41) is 1.17. The van der Waals surface area contributed by atoms with Gasteiger partial charge >= 0.3 is 6.18 Å². The van der Waals surface area contributed by atoms with Gasteiger partial charge < -0.3 is 15.1 Å². The molecule has 4 rings (SSSR count). The number of anilines is 1. The number of carbonyl (C=O) groups is 1. The minimum Gasteiger partial charge on any atom is -0.497 e. The molecule has 164 valence electrons. The fraction of sp³-hybridized carbons (Fsp3) is 0.300. The predicted molar refractivity (Wildman–Crippen MR) is 108 cm³/mol. The van der Waals surface area contributed by atoms with Crippen molar-refractivity contribution in [3.8, 4) is 5.75 Å². The van der Waals surface area contributed by atoms with E-state index in [4.69, 9.17) is 16.3 Å². The van der Waals surface area contributed by atoms with E-state index in [9.17, 15) is 18.0 Å². The second-order valence-electron chi connectivity index (χ2n) is 7.08. The van der Waals surface area contributed by atoms with Gasteiger partial charge in [-0.3, -0.25) is 4.79 Å². The Kier molecular flexibility index (Phi) is 5.44. The highest BCUT2D eigenvalue weighted by atomic mass is 35.5. The first kappa shape index (κ1) is 21.3. The number of pyridine rings is 1. The highest BCUT2D eigenvalue weighted by Crippen LogP contribution is 2.38. The van der Waals surface area contributed by atoms with Crippen molar-refractivity contribution in [3.05, 3.63) is 64.1 Å². The number of hydrazine groups is 2. The molecule has 2 aliphatic heterocycles. The molecule has 11 heteroatoms. The molecule has 3 heterocycles. The van der Waals surface area contributed by atoms with Gasteiger partial charge in [0.05, 0.1) is 40.7 Å². The van der Waals surface area contributed by atoms with Gasteiger partial charge in [0.15, 0.2) is 5.82 Å². The molecule has 0 bridgehead atoms. The Morgan fingerprint density at radius 3 is 2.81 bits per heavy atom. The molecule has 2 aliphatic rings. The van der Waals surface area contributed by atoms with Crippen LogP contribution in [-0.4, -0.2) is 35.5 Å². The molecule has 1 aromatic carbocycles. The summed E-state index contributed by atoms with van der Waals surface area (Å²) >= 11 is 5.96. The molecule has 2 N–H and O–H groups in total. The fourth-order valence-electron chi connectivity index (χ4n) is 3.74. The zero-order valence-electron chi connectivity index (χ0n) is 16.6. The highest BCUT2D eigenvalue weighted by Gasteiger charge is 2.39. The smallest absolute Gasteiger partial charge is 0.417 e. The predicted octanol–water partition coefficient (Wildman–Crippen LogP) is 3.74. The van der Waals surface area contributed by atoms with Crippen molar-refractivity contribution in [2.45, 2.75) is 25.6 Å². The third kappa shape index (κ3) is 3.77. The molecule has 0 radical (unpaired) electrons. The van der Waals surface area contributed by atoms with E-state index in [0.29, 0.717) is 24.5 Å². The molecule has 2 aromatic rings. The van der Waals surface area contributed by atoms with Crippen LogP contribution in [0.4, 0.5) is 19.0 Å². The Morgan fingerprint density at radius 1 is 1.32 bits per heavy atom. The summed E-state index contributed by atoms with van der Waals surface area (Å²) in [6.07, 6.45) is -2.56. The molecular formula is C20H19ClF3N5O2. The number of hydrogen-bond donors (Lipinski definition) is 2. The first-order valence-electron chi connectivity index (χ1n) is 9.44. The van der Waals surface area contributed by atoms with Gasteiger partial charge in [-0.2, -0.15) is 13.2 Å². The van der Waals surface area contributed by atoms with Crippen molar-refractivity contribution >= 4 is 23.3 Å². The fourth-order valence-corrected chi connectivity index (χ4v) is 4.05. The van der Waals surface area contributed by atoms with Gasteiger partial charge in [-0.05, 0) is 25.1 Å². The summed E-state index contributed by atoms with van der Waals surface area (Å²) < 4.78 is 44.8. The Hall–Kier alpha value is -2.98. The van der Waals surface area contributed by atoms with E-state index in [0.717, 1.165) is 17.5 Å². The van der Waals surface area contributed by atoms with E-state index in [1.54, 1.807) is 37.4 Å². The molecule has 1 atom stereocenters. The number of alkyl halides is 3. The number of nitrogens with zero attached hydrogens (tertiary/aromatic N) is 3. The van der Waals surface area contributed by atoms with Gasteiger partial charge in [-0.15, -0.1) is 5.53 Å². The number of rotatable bonds is 3. The Bertz CT molecular complexity index is 1060. The number of benzene rings is 1. The molecule has 0 aliphatic carbocycles. The Morgan fingerprint density at radius 2 is 2.10 bits per heavy atom. The summed E-state index contributed by atoms with van der Waals surface area (Å²) in [5.74, 6) is 0.681. The van der Waals surface area contributed by atoms with E-state index in [1.165, 1.54) is 17.0 Å². The molecular weight excluding hydrogens is 435 g/mol. The Labute approximate surface area is 181 Å². The molecule has 7 nitrogen and oxygen atoms in total. The van der Waals surface area contributed by atoms with Crippen LogP contribution in [0.1, 0.15) is 29.3 Å². The maximum absolute atomic E-state index is 13.2. The van der Waals surface area contributed by atoms with Crippen LogP contribution < -0.4 is 20.7 Å². The minimum absolute atomic E-state index is 0.176. The summed E-state index contributed by atoms with van der Waals surface area (Å²) in [4.78, 5) is 18.9. The van der Waals surface area contributed by atoms with Crippen molar-refractivity contribution in [2.75, 3.05) is 18.7 Å². The number of halogens is 4. The maximum Gasteiger partial charge on any atom is 0.417 e. The summed E-state index contributed by atoms with van der Waals surface area (Å²) in [6, 6.07) is 6.42. The van der Waals surface area contributed by atoms with Crippen molar-refractivity contribution in [1.29, 1.82) is 0 Å². The standard InChI is InChI=1S/C20H19ClF3N5O2/c1-11-18-15(29(27-26-18)16-10-12(31-2)6-8-25-16)7-9-28(11)19(30)13-4-3-5-14(17(13)21)20(22,23)24/h3-6,8,10-11,26-27H,7,9H2,1-2H3. The van der Waals surface area contributed by atoms with Crippen molar-refractivity contribution in [1.82, 2.24) is 20.8 Å². The minimum atomic E-state index is -4.64. The average molecular weight is 454 g/mol. The number of carbonyl (C=O) groups excluding carboxylic acids is 1. The lowest BCUT2D eigenvalue weighted by molar-refractivity contribution is -0.137. The highest BCUT2D eigenvalue weighted by molar-refractivity contribution is 6.34. The molecule has 0 spiro atoms. The normalized spacial score (nSPS) is 18.7. The first-order chi connectivity index (χ1) is 14.7. The van der Waals surface area contributed by atoms with Gasteiger partial charge in [0, 0.05) is 25.2 Å². The van der Waals surface area contributed by atoms with Crippen molar-refractivity contribution < 1.29 is 22.7 Å². The average Bonchev–Trinajstić information content (AvgIpc) is 3.18. The number of hydrogen-bond acceptors (Lipinski definition) is 6. The lowest BCUT2D eigenvalue weighted by Crippen LogP contribution is -2.46. The number of ether oxygens (including phenoxy) is 1. The number of amides is 1. The van der Waals surface area contributed by atoms with Crippen LogP contribution in [0.2, 0.25) is 5.02 Å². The molecule has 1 aromatic heterocycles. The van der Waals surface area contributed by atoms with Gasteiger partial charge in [0.25, 0.3) is 5.91 Å². The van der Waals surface area contributed by atoms with Gasteiger partial charge in [0.1, 0.15) is 5.75 Å². The van der Waals surface area contributed by atoms with Crippen LogP contribution in [-0.2, 0) is 6.18 Å². The zero-order valence-corrected chi connectivity index (χ0v) is 17.4. The topological polar surface area (TPSA) is 69.7 Å². The van der Waals surface area contributed by atoms with Crippen LogP contribution in [0.3, 0.4) is 0 Å². The first-order valence-corrected chi connectivity index (χ1v) is 9.81. The van der Waals surface area contributed by atoms with Gasteiger partial charge in [-0.1, -0.05) is 17.7 Å². The third-order valence-electron chi connectivity index (χ3n) is 5.34. The van der Waals surface area contributed by atoms with Crippen LogP contribution in [0.25, 0.3) is 0 Å². The zero-order chi connectivity index (χ0) is 22.3. The lowest BCUT2D eigenvalue weighted by atomic mass is 10.0. The molecule has 31 heavy (non-hydrogen) atoms. The van der Waals surface area contributed by atoms with Crippen LogP contribution in [0, 0.1) is 0 Å². The van der Waals surface area contributed by atoms with E-state index in [1.807, 2.05) is 0 Å². The van der Waals surface area contributed by atoms with E-state index >= 15 is 0 Å². The van der Waals surface area contributed by atoms with Gasteiger partial charge in [-0.25, -0.2) is 9.99 Å². The molecule has 1 unspecified atom stereocenters. The quantitative estimate of drug-likeness (QED) is 0.738.